The van der Waals surface area contributed by atoms with Gasteiger partial charge in [0.1, 0.15) is 5.82 Å². The van der Waals surface area contributed by atoms with E-state index in [0.29, 0.717) is 6.54 Å². The minimum absolute atomic E-state index is 0.137. The molecule has 1 aliphatic rings. The van der Waals surface area contributed by atoms with Gasteiger partial charge in [-0.25, -0.2) is 4.39 Å². The van der Waals surface area contributed by atoms with E-state index < -0.39 is 0 Å². The summed E-state index contributed by atoms with van der Waals surface area (Å²) in [5, 5.41) is 0.738. The van der Waals surface area contributed by atoms with Crippen LogP contribution >= 0.6 is 0 Å². The zero-order valence-corrected chi connectivity index (χ0v) is 9.09. The van der Waals surface area contributed by atoms with E-state index in [1.807, 2.05) is 12.3 Å². The highest BCUT2D eigenvalue weighted by Gasteiger charge is 2.41. The molecule has 1 aromatic heterocycles. The maximum absolute atomic E-state index is 13.7. The Kier molecular flexibility index (Phi) is 2.04. The Bertz CT molecular complexity index is 526. The van der Waals surface area contributed by atoms with Gasteiger partial charge in [0.2, 0.25) is 0 Å². The third kappa shape index (κ3) is 1.43. The van der Waals surface area contributed by atoms with Crippen LogP contribution < -0.4 is 5.73 Å². The second kappa shape index (κ2) is 3.32. The molecule has 0 amide bonds. The van der Waals surface area contributed by atoms with Crippen molar-refractivity contribution in [3.63, 3.8) is 0 Å². The van der Waals surface area contributed by atoms with Gasteiger partial charge in [-0.3, -0.25) is 0 Å². The van der Waals surface area contributed by atoms with Gasteiger partial charge in [0, 0.05) is 17.1 Å². The molecule has 1 saturated carbocycles. The predicted octanol–water partition coefficient (Wildman–Crippen LogP) is 2.59. The van der Waals surface area contributed by atoms with E-state index in [1.54, 1.807) is 6.07 Å². The summed E-state index contributed by atoms with van der Waals surface area (Å²) in [5.74, 6) is -0.137. The number of benzene rings is 1. The maximum atomic E-state index is 13.7. The summed E-state index contributed by atoms with van der Waals surface area (Å²) in [6.45, 7) is 0.703. The van der Waals surface area contributed by atoms with E-state index in [0.717, 1.165) is 22.9 Å². The monoisotopic (exact) mass is 218 g/mol. The van der Waals surface area contributed by atoms with Crippen LogP contribution in [-0.2, 0) is 6.42 Å². The number of hydrogen-bond acceptors (Lipinski definition) is 1. The lowest BCUT2D eigenvalue weighted by molar-refractivity contribution is 0.522. The Labute approximate surface area is 93.6 Å². The molecule has 0 aliphatic heterocycles. The Morgan fingerprint density at radius 1 is 1.38 bits per heavy atom. The lowest BCUT2D eigenvalue weighted by Crippen LogP contribution is -2.17. The van der Waals surface area contributed by atoms with Crippen molar-refractivity contribution in [2.75, 3.05) is 6.54 Å². The first kappa shape index (κ1) is 9.85. The quantitative estimate of drug-likeness (QED) is 0.817. The summed E-state index contributed by atoms with van der Waals surface area (Å²) in [4.78, 5) is 3.12. The third-order valence-electron chi connectivity index (χ3n) is 3.69. The van der Waals surface area contributed by atoms with Gasteiger partial charge in [-0.05, 0) is 48.9 Å². The van der Waals surface area contributed by atoms with Crippen molar-refractivity contribution >= 4 is 10.9 Å². The van der Waals surface area contributed by atoms with Crippen molar-refractivity contribution in [1.29, 1.82) is 0 Å². The zero-order chi connectivity index (χ0) is 11.2. The first-order chi connectivity index (χ1) is 7.74. The van der Waals surface area contributed by atoms with Crippen LogP contribution in [0.2, 0.25) is 0 Å². The number of rotatable bonds is 3. The number of nitrogens with two attached hydrogens (primary N) is 1. The molecule has 2 nitrogen and oxygen atoms in total. The summed E-state index contributed by atoms with van der Waals surface area (Å²) in [6, 6.07) is 5.15. The highest BCUT2D eigenvalue weighted by atomic mass is 19.1. The molecule has 0 radical (unpaired) electrons. The second-order valence-electron chi connectivity index (χ2n) is 4.86. The van der Waals surface area contributed by atoms with E-state index in [2.05, 4.69) is 4.98 Å². The molecule has 3 heteroatoms. The van der Waals surface area contributed by atoms with Crippen LogP contribution in [0.1, 0.15) is 18.4 Å². The highest BCUT2D eigenvalue weighted by molar-refractivity contribution is 5.83. The summed E-state index contributed by atoms with van der Waals surface area (Å²) in [6.07, 6.45) is 5.16. The molecule has 0 unspecified atom stereocenters. The van der Waals surface area contributed by atoms with Crippen molar-refractivity contribution in [3.8, 4) is 0 Å². The van der Waals surface area contributed by atoms with Gasteiger partial charge >= 0.3 is 0 Å². The van der Waals surface area contributed by atoms with Crippen LogP contribution in [0.4, 0.5) is 4.39 Å². The fourth-order valence-electron chi connectivity index (χ4n) is 2.38. The molecule has 1 fully saturated rings. The molecule has 0 atom stereocenters. The molecule has 3 N–H and O–H groups in total. The first-order valence-corrected chi connectivity index (χ1v) is 5.69. The highest BCUT2D eigenvalue weighted by Crippen LogP contribution is 2.48. The fourth-order valence-corrected chi connectivity index (χ4v) is 2.38. The molecule has 84 valence electrons. The average molecular weight is 218 g/mol. The Morgan fingerprint density at radius 3 is 2.88 bits per heavy atom. The number of fused-ring (bicyclic) bond motifs is 1. The lowest BCUT2D eigenvalue weighted by atomic mass is 9.96. The Morgan fingerprint density at radius 2 is 2.19 bits per heavy atom. The number of aromatic amines is 1. The van der Waals surface area contributed by atoms with E-state index in [4.69, 9.17) is 5.73 Å². The molecule has 0 spiro atoms. The van der Waals surface area contributed by atoms with Crippen LogP contribution in [0.15, 0.2) is 24.4 Å². The van der Waals surface area contributed by atoms with Gasteiger partial charge in [0.25, 0.3) is 0 Å². The molecule has 1 aliphatic carbocycles. The Balaban J connectivity index is 2.04. The van der Waals surface area contributed by atoms with Crippen LogP contribution in [0.5, 0.6) is 0 Å². The van der Waals surface area contributed by atoms with E-state index in [9.17, 15) is 4.39 Å². The van der Waals surface area contributed by atoms with Gasteiger partial charge in [-0.15, -0.1) is 0 Å². The first-order valence-electron chi connectivity index (χ1n) is 5.69. The van der Waals surface area contributed by atoms with Gasteiger partial charge < -0.3 is 10.7 Å². The molecule has 2 aromatic rings. The van der Waals surface area contributed by atoms with Crippen molar-refractivity contribution in [1.82, 2.24) is 4.98 Å². The van der Waals surface area contributed by atoms with Crippen molar-refractivity contribution < 1.29 is 4.39 Å². The third-order valence-corrected chi connectivity index (χ3v) is 3.69. The minimum Gasteiger partial charge on any atom is -0.361 e. The van der Waals surface area contributed by atoms with E-state index >= 15 is 0 Å². The molecule has 16 heavy (non-hydrogen) atoms. The van der Waals surface area contributed by atoms with Crippen LogP contribution in [-0.4, -0.2) is 11.5 Å². The molecule has 3 rings (SSSR count). The molecule has 1 heterocycles. The van der Waals surface area contributed by atoms with Gasteiger partial charge in [0.15, 0.2) is 0 Å². The van der Waals surface area contributed by atoms with Crippen molar-refractivity contribution in [2.24, 2.45) is 11.1 Å². The standard InChI is InChI=1S/C13H15FN2/c14-10-2-1-3-11-12(10)9(7-16-11)6-13(8-15)4-5-13/h1-3,7,16H,4-6,8,15H2. The van der Waals surface area contributed by atoms with Gasteiger partial charge in [0.05, 0.1) is 0 Å². The summed E-state index contributed by atoms with van der Waals surface area (Å²) < 4.78 is 13.7. The molecular formula is C13H15FN2. The lowest BCUT2D eigenvalue weighted by Gasteiger charge is -2.10. The average Bonchev–Trinajstić information content (AvgIpc) is 2.94. The van der Waals surface area contributed by atoms with Crippen LogP contribution in [0.3, 0.4) is 0 Å². The number of hydrogen-bond donors (Lipinski definition) is 2. The van der Waals surface area contributed by atoms with E-state index in [-0.39, 0.29) is 11.2 Å². The summed E-state index contributed by atoms with van der Waals surface area (Å²) >= 11 is 0. The Hall–Kier alpha value is -1.35. The fraction of sp³-hybridized carbons (Fsp3) is 0.385. The van der Waals surface area contributed by atoms with Gasteiger partial charge in [-0.2, -0.15) is 0 Å². The number of aromatic nitrogens is 1. The smallest absolute Gasteiger partial charge is 0.132 e. The summed E-state index contributed by atoms with van der Waals surface area (Å²) in [5.41, 5.74) is 7.95. The normalized spacial score (nSPS) is 17.9. The van der Waals surface area contributed by atoms with E-state index in [1.165, 1.54) is 18.9 Å². The minimum atomic E-state index is -0.137. The second-order valence-corrected chi connectivity index (χ2v) is 4.86. The molecule has 0 bridgehead atoms. The zero-order valence-electron chi connectivity index (χ0n) is 9.09. The summed E-state index contributed by atoms with van der Waals surface area (Å²) in [7, 11) is 0. The number of H-pyrrole nitrogens is 1. The largest absolute Gasteiger partial charge is 0.361 e. The molecular weight excluding hydrogens is 203 g/mol. The SMILES string of the molecule is NCC1(Cc2c[nH]c3cccc(F)c23)CC1. The number of nitrogens with one attached hydrogen (secondary N) is 1. The van der Waals surface area contributed by atoms with Crippen LogP contribution in [0, 0.1) is 11.2 Å². The van der Waals surface area contributed by atoms with Crippen molar-refractivity contribution in [2.45, 2.75) is 19.3 Å². The maximum Gasteiger partial charge on any atom is 0.132 e. The predicted molar refractivity (Wildman–Crippen MR) is 62.7 cm³/mol. The van der Waals surface area contributed by atoms with Crippen molar-refractivity contribution in [3.05, 3.63) is 35.8 Å². The topological polar surface area (TPSA) is 41.8 Å². The van der Waals surface area contributed by atoms with Gasteiger partial charge in [-0.1, -0.05) is 6.07 Å². The van der Waals surface area contributed by atoms with Crippen LogP contribution in [0.25, 0.3) is 10.9 Å². The number of halogens is 1. The molecule has 0 saturated heterocycles. The molecule has 1 aromatic carbocycles.